The Bertz CT molecular complexity index is 551. The molecule has 0 unspecified atom stereocenters. The monoisotopic (exact) mass is 305 g/mol. The minimum Gasteiger partial charge on any atom is -0.468 e. The van der Waals surface area contributed by atoms with E-state index in [0.717, 1.165) is 23.6 Å². The number of hydrogen-bond acceptors (Lipinski definition) is 4. The molecule has 2 N–H and O–H groups in total. The Morgan fingerprint density at radius 1 is 1.36 bits per heavy atom. The maximum Gasteiger partial charge on any atom is 0.117 e. The van der Waals surface area contributed by atoms with E-state index in [9.17, 15) is 5.11 Å². The van der Waals surface area contributed by atoms with Crippen LogP contribution in [0.1, 0.15) is 51.3 Å². The fourth-order valence-corrected chi connectivity index (χ4v) is 2.47. The van der Waals surface area contributed by atoms with Crippen molar-refractivity contribution in [1.82, 2.24) is 15.1 Å². The van der Waals surface area contributed by atoms with Crippen molar-refractivity contribution in [2.45, 2.75) is 58.7 Å². The maximum absolute atomic E-state index is 9.64. The average molecular weight is 305 g/mol. The van der Waals surface area contributed by atoms with Crippen molar-refractivity contribution in [3.8, 4) is 0 Å². The summed E-state index contributed by atoms with van der Waals surface area (Å²) < 4.78 is 5.45. The van der Waals surface area contributed by atoms with Crippen LogP contribution in [0.4, 0.5) is 0 Å². The Labute approximate surface area is 132 Å². The molecule has 0 bridgehead atoms. The van der Waals surface area contributed by atoms with Gasteiger partial charge in [0.05, 0.1) is 25.1 Å². The highest BCUT2D eigenvalue weighted by Crippen LogP contribution is 2.22. The molecular weight excluding hydrogens is 278 g/mol. The second kappa shape index (κ2) is 7.11. The van der Waals surface area contributed by atoms with Crippen LogP contribution in [0.25, 0.3) is 0 Å². The van der Waals surface area contributed by atoms with Crippen LogP contribution in [0.3, 0.4) is 0 Å². The highest BCUT2D eigenvalue weighted by atomic mass is 16.3. The molecular formula is C17H27N3O2. The molecule has 0 saturated heterocycles. The van der Waals surface area contributed by atoms with Crippen molar-refractivity contribution >= 4 is 0 Å². The van der Waals surface area contributed by atoms with Gasteiger partial charge in [0.2, 0.25) is 0 Å². The second-order valence-corrected chi connectivity index (χ2v) is 6.76. The molecule has 5 nitrogen and oxygen atoms in total. The molecule has 0 fully saturated rings. The lowest BCUT2D eigenvalue weighted by Crippen LogP contribution is -2.36. The van der Waals surface area contributed by atoms with Crippen molar-refractivity contribution in [2.75, 3.05) is 6.61 Å². The van der Waals surface area contributed by atoms with Gasteiger partial charge < -0.3 is 9.52 Å². The highest BCUT2D eigenvalue weighted by Gasteiger charge is 2.21. The topological polar surface area (TPSA) is 65.3 Å². The summed E-state index contributed by atoms with van der Waals surface area (Å²) in [4.78, 5) is 2.22. The van der Waals surface area contributed by atoms with Gasteiger partial charge in [0.1, 0.15) is 5.76 Å². The SMILES string of the molecule is CC[C@H](CO)N(Cc1cc(C(C)(C)C)n[nH]1)Cc1ccco1. The van der Waals surface area contributed by atoms with Gasteiger partial charge in [-0.2, -0.15) is 5.10 Å². The quantitative estimate of drug-likeness (QED) is 0.825. The van der Waals surface area contributed by atoms with E-state index in [0.29, 0.717) is 13.1 Å². The molecule has 5 heteroatoms. The third-order valence-electron chi connectivity index (χ3n) is 3.91. The van der Waals surface area contributed by atoms with E-state index in [1.165, 1.54) is 0 Å². The van der Waals surface area contributed by atoms with Gasteiger partial charge in [-0.1, -0.05) is 27.7 Å². The van der Waals surface area contributed by atoms with Crippen LogP contribution in [-0.2, 0) is 18.5 Å². The highest BCUT2D eigenvalue weighted by molar-refractivity contribution is 5.16. The summed E-state index contributed by atoms with van der Waals surface area (Å²) in [7, 11) is 0. The molecule has 0 radical (unpaired) electrons. The normalized spacial score (nSPS) is 13.7. The predicted octanol–water partition coefficient (Wildman–Crippen LogP) is 3.07. The zero-order chi connectivity index (χ0) is 16.2. The zero-order valence-corrected chi connectivity index (χ0v) is 14.0. The number of aliphatic hydroxyl groups excluding tert-OH is 1. The van der Waals surface area contributed by atoms with E-state index >= 15 is 0 Å². The Morgan fingerprint density at radius 3 is 2.64 bits per heavy atom. The summed E-state index contributed by atoms with van der Waals surface area (Å²) in [5, 5.41) is 17.2. The molecule has 0 aliphatic rings. The van der Waals surface area contributed by atoms with Gasteiger partial charge in [-0.15, -0.1) is 0 Å². The summed E-state index contributed by atoms with van der Waals surface area (Å²) in [6.07, 6.45) is 2.57. The number of rotatable bonds is 7. The molecule has 2 aromatic rings. The lowest BCUT2D eigenvalue weighted by atomic mass is 9.92. The first-order valence-electron chi connectivity index (χ1n) is 7.86. The van der Waals surface area contributed by atoms with Gasteiger partial charge in [-0.25, -0.2) is 0 Å². The summed E-state index contributed by atoms with van der Waals surface area (Å²) in [5.41, 5.74) is 2.14. The summed E-state index contributed by atoms with van der Waals surface area (Å²) in [6, 6.07) is 6.07. The first kappa shape index (κ1) is 16.8. The van der Waals surface area contributed by atoms with Crippen molar-refractivity contribution in [2.24, 2.45) is 0 Å². The van der Waals surface area contributed by atoms with Gasteiger partial charge in [0.15, 0.2) is 0 Å². The molecule has 0 saturated carbocycles. The first-order valence-corrected chi connectivity index (χ1v) is 7.86. The van der Waals surface area contributed by atoms with Gasteiger partial charge in [0.25, 0.3) is 0 Å². The van der Waals surface area contributed by atoms with Crippen LogP contribution < -0.4 is 0 Å². The standard InChI is InChI=1S/C17H27N3O2/c1-5-14(12-21)20(11-15-7-6-8-22-15)10-13-9-16(19-18-13)17(2,3)4/h6-9,14,21H,5,10-12H2,1-4H3,(H,18,19)/t14-/m1/s1. The van der Waals surface area contributed by atoms with E-state index in [2.05, 4.69) is 48.9 Å². The van der Waals surface area contributed by atoms with Gasteiger partial charge in [-0.05, 0) is 24.6 Å². The zero-order valence-electron chi connectivity index (χ0n) is 14.0. The van der Waals surface area contributed by atoms with E-state index in [4.69, 9.17) is 4.42 Å². The fourth-order valence-electron chi connectivity index (χ4n) is 2.47. The average Bonchev–Trinajstić information content (AvgIpc) is 3.10. The molecule has 2 heterocycles. The molecule has 0 aromatic carbocycles. The van der Waals surface area contributed by atoms with Crippen LogP contribution in [0.5, 0.6) is 0 Å². The van der Waals surface area contributed by atoms with Gasteiger partial charge in [0, 0.05) is 23.7 Å². The first-order chi connectivity index (χ1) is 10.4. The van der Waals surface area contributed by atoms with Crippen LogP contribution in [0, 0.1) is 0 Å². The van der Waals surface area contributed by atoms with E-state index in [1.54, 1.807) is 6.26 Å². The van der Waals surface area contributed by atoms with Crippen LogP contribution in [-0.4, -0.2) is 32.9 Å². The Balaban J connectivity index is 2.13. The lowest BCUT2D eigenvalue weighted by Gasteiger charge is -2.28. The Hall–Kier alpha value is -1.59. The minimum atomic E-state index is 0.0295. The van der Waals surface area contributed by atoms with Crippen LogP contribution in [0.15, 0.2) is 28.9 Å². The Morgan fingerprint density at radius 2 is 2.14 bits per heavy atom. The summed E-state index contributed by atoms with van der Waals surface area (Å²) in [6.45, 7) is 10.1. The predicted molar refractivity (Wildman–Crippen MR) is 86.4 cm³/mol. The third kappa shape index (κ3) is 4.21. The minimum absolute atomic E-state index is 0.0295. The van der Waals surface area contributed by atoms with Crippen LogP contribution in [0.2, 0.25) is 0 Å². The molecule has 0 aliphatic heterocycles. The number of hydrogen-bond donors (Lipinski definition) is 2. The van der Waals surface area contributed by atoms with Gasteiger partial charge in [-0.3, -0.25) is 10.00 Å². The van der Waals surface area contributed by atoms with Crippen molar-refractivity contribution in [1.29, 1.82) is 0 Å². The number of H-pyrrole nitrogens is 1. The largest absolute Gasteiger partial charge is 0.468 e. The van der Waals surface area contributed by atoms with Crippen molar-refractivity contribution in [3.63, 3.8) is 0 Å². The van der Waals surface area contributed by atoms with Gasteiger partial charge >= 0.3 is 0 Å². The van der Waals surface area contributed by atoms with Crippen LogP contribution >= 0.6 is 0 Å². The molecule has 22 heavy (non-hydrogen) atoms. The molecule has 2 aromatic heterocycles. The smallest absolute Gasteiger partial charge is 0.117 e. The second-order valence-electron chi connectivity index (χ2n) is 6.76. The number of aromatic nitrogens is 2. The number of nitrogens with one attached hydrogen (secondary N) is 1. The molecule has 0 spiro atoms. The molecule has 0 aliphatic carbocycles. The maximum atomic E-state index is 9.64. The van der Waals surface area contributed by atoms with E-state index in [-0.39, 0.29) is 18.1 Å². The lowest BCUT2D eigenvalue weighted by molar-refractivity contribution is 0.0987. The molecule has 0 amide bonds. The molecule has 122 valence electrons. The van der Waals surface area contributed by atoms with E-state index < -0.39 is 0 Å². The number of furan rings is 1. The Kier molecular flexibility index (Phi) is 5.42. The number of aliphatic hydroxyl groups is 1. The number of nitrogens with zero attached hydrogens (tertiary/aromatic N) is 2. The number of aromatic amines is 1. The summed E-state index contributed by atoms with van der Waals surface area (Å²) >= 11 is 0. The van der Waals surface area contributed by atoms with Crippen molar-refractivity contribution < 1.29 is 9.52 Å². The summed E-state index contributed by atoms with van der Waals surface area (Å²) in [5.74, 6) is 0.905. The fraction of sp³-hybridized carbons (Fsp3) is 0.588. The van der Waals surface area contributed by atoms with E-state index in [1.807, 2.05) is 12.1 Å². The van der Waals surface area contributed by atoms with Crippen molar-refractivity contribution in [3.05, 3.63) is 41.6 Å². The molecule has 1 atom stereocenters. The molecule has 2 rings (SSSR count). The third-order valence-corrected chi connectivity index (χ3v) is 3.91.